The average Bonchev–Trinajstić information content (AvgIpc) is 2.85. The molecule has 0 saturated carbocycles. The number of nitrogens with two attached hydrogens (primary N) is 1. The van der Waals surface area contributed by atoms with Crippen LogP contribution in [0.4, 0.5) is 0 Å². The van der Waals surface area contributed by atoms with Gasteiger partial charge >= 0.3 is 0 Å². The topological polar surface area (TPSA) is 56.5 Å². The third kappa shape index (κ3) is 3.39. The Morgan fingerprint density at radius 3 is 2.63 bits per heavy atom. The molecule has 1 aromatic rings. The second-order valence-corrected chi connectivity index (χ2v) is 5.48. The van der Waals surface area contributed by atoms with Gasteiger partial charge in [-0.2, -0.15) is 0 Å². The minimum Gasteiger partial charge on any atom is -0.454 e. The number of hydrogen-bond acceptors (Lipinski definition) is 4. The molecule has 0 radical (unpaired) electrons. The lowest BCUT2D eigenvalue weighted by atomic mass is 9.95. The lowest BCUT2D eigenvalue weighted by Gasteiger charge is -2.22. The highest BCUT2D eigenvalue weighted by molar-refractivity contribution is 5.45. The van der Waals surface area contributed by atoms with Crippen LogP contribution in [-0.4, -0.2) is 19.9 Å². The van der Waals surface area contributed by atoms with Gasteiger partial charge in [0.1, 0.15) is 0 Å². The van der Waals surface area contributed by atoms with Crippen LogP contribution in [0.25, 0.3) is 0 Å². The number of benzene rings is 1. The van der Waals surface area contributed by atoms with Crippen molar-refractivity contribution >= 4 is 0 Å². The zero-order chi connectivity index (χ0) is 13.8. The van der Waals surface area contributed by atoms with Gasteiger partial charge in [-0.3, -0.25) is 0 Å². The maximum absolute atomic E-state index is 5.80. The Balaban J connectivity index is 1.94. The molecule has 0 aromatic heterocycles. The van der Waals surface area contributed by atoms with E-state index < -0.39 is 0 Å². The van der Waals surface area contributed by atoms with Crippen LogP contribution in [0.1, 0.15) is 32.4 Å². The molecular formula is C15H24N2O2. The number of ether oxygens (including phenoxy) is 2. The van der Waals surface area contributed by atoms with Gasteiger partial charge in [0, 0.05) is 6.04 Å². The van der Waals surface area contributed by atoms with Crippen LogP contribution in [0.2, 0.25) is 0 Å². The molecule has 2 atom stereocenters. The molecule has 0 spiro atoms. The standard InChI is InChI=1S/C15H24N2O2/c1-10(2)13(7-16)8-17-11(3)12-4-5-14-15(6-12)19-9-18-14/h4-6,10-11,13,17H,7-9,16H2,1-3H3. The van der Waals surface area contributed by atoms with E-state index in [1.807, 2.05) is 12.1 Å². The van der Waals surface area contributed by atoms with Crippen LogP contribution < -0.4 is 20.5 Å². The van der Waals surface area contributed by atoms with Gasteiger partial charge in [-0.05, 0) is 49.5 Å². The molecule has 0 bridgehead atoms. The summed E-state index contributed by atoms with van der Waals surface area (Å²) >= 11 is 0. The highest BCUT2D eigenvalue weighted by atomic mass is 16.7. The summed E-state index contributed by atoms with van der Waals surface area (Å²) in [7, 11) is 0. The number of nitrogens with one attached hydrogen (secondary N) is 1. The van der Waals surface area contributed by atoms with Gasteiger partial charge in [-0.15, -0.1) is 0 Å². The molecule has 3 N–H and O–H groups in total. The molecular weight excluding hydrogens is 240 g/mol. The Bertz CT molecular complexity index is 421. The molecule has 4 nitrogen and oxygen atoms in total. The zero-order valence-electron chi connectivity index (χ0n) is 12.0. The molecule has 1 heterocycles. The van der Waals surface area contributed by atoms with Gasteiger partial charge in [-0.1, -0.05) is 19.9 Å². The molecule has 0 saturated heterocycles. The largest absolute Gasteiger partial charge is 0.454 e. The summed E-state index contributed by atoms with van der Waals surface area (Å²) in [5, 5.41) is 3.55. The van der Waals surface area contributed by atoms with E-state index in [9.17, 15) is 0 Å². The lowest BCUT2D eigenvalue weighted by Crippen LogP contribution is -2.33. The highest BCUT2D eigenvalue weighted by Gasteiger charge is 2.17. The summed E-state index contributed by atoms with van der Waals surface area (Å²) in [6, 6.07) is 6.38. The Labute approximate surface area is 115 Å². The molecule has 1 aromatic carbocycles. The van der Waals surface area contributed by atoms with Crippen LogP contribution in [0, 0.1) is 11.8 Å². The molecule has 1 aliphatic rings. The smallest absolute Gasteiger partial charge is 0.231 e. The summed E-state index contributed by atoms with van der Waals surface area (Å²) < 4.78 is 10.7. The molecule has 0 fully saturated rings. The normalized spacial score (nSPS) is 16.7. The third-order valence-electron chi connectivity index (χ3n) is 3.83. The van der Waals surface area contributed by atoms with E-state index in [0.29, 0.717) is 18.6 Å². The quantitative estimate of drug-likeness (QED) is 0.827. The van der Waals surface area contributed by atoms with Crippen molar-refractivity contribution in [3.63, 3.8) is 0 Å². The van der Waals surface area contributed by atoms with Crippen molar-refractivity contribution in [2.24, 2.45) is 17.6 Å². The van der Waals surface area contributed by atoms with E-state index >= 15 is 0 Å². The second-order valence-electron chi connectivity index (χ2n) is 5.48. The molecule has 19 heavy (non-hydrogen) atoms. The minimum absolute atomic E-state index is 0.280. The van der Waals surface area contributed by atoms with Crippen LogP contribution in [0.3, 0.4) is 0 Å². The highest BCUT2D eigenvalue weighted by Crippen LogP contribution is 2.34. The van der Waals surface area contributed by atoms with E-state index in [1.54, 1.807) is 0 Å². The fourth-order valence-electron chi connectivity index (χ4n) is 2.22. The van der Waals surface area contributed by atoms with Gasteiger partial charge < -0.3 is 20.5 Å². The fraction of sp³-hybridized carbons (Fsp3) is 0.600. The Morgan fingerprint density at radius 1 is 1.21 bits per heavy atom. The first kappa shape index (κ1) is 14.2. The molecule has 2 unspecified atom stereocenters. The van der Waals surface area contributed by atoms with E-state index in [2.05, 4.69) is 32.2 Å². The molecule has 0 aliphatic carbocycles. The van der Waals surface area contributed by atoms with Gasteiger partial charge in [0.05, 0.1) is 0 Å². The molecule has 0 amide bonds. The monoisotopic (exact) mass is 264 g/mol. The Kier molecular flexibility index (Phi) is 4.66. The van der Waals surface area contributed by atoms with E-state index in [4.69, 9.17) is 15.2 Å². The van der Waals surface area contributed by atoms with Gasteiger partial charge in [0.2, 0.25) is 6.79 Å². The summed E-state index contributed by atoms with van der Waals surface area (Å²) in [4.78, 5) is 0. The van der Waals surface area contributed by atoms with Crippen molar-refractivity contribution in [2.45, 2.75) is 26.8 Å². The fourth-order valence-corrected chi connectivity index (χ4v) is 2.22. The first-order valence-corrected chi connectivity index (χ1v) is 6.94. The molecule has 4 heteroatoms. The number of hydrogen-bond donors (Lipinski definition) is 2. The van der Waals surface area contributed by atoms with Gasteiger partial charge in [-0.25, -0.2) is 0 Å². The van der Waals surface area contributed by atoms with Crippen LogP contribution >= 0.6 is 0 Å². The van der Waals surface area contributed by atoms with Crippen molar-refractivity contribution < 1.29 is 9.47 Å². The van der Waals surface area contributed by atoms with Crippen molar-refractivity contribution in [1.29, 1.82) is 0 Å². The van der Waals surface area contributed by atoms with Gasteiger partial charge in [0.25, 0.3) is 0 Å². The average molecular weight is 264 g/mol. The Hall–Kier alpha value is -1.26. The van der Waals surface area contributed by atoms with Crippen LogP contribution in [-0.2, 0) is 0 Å². The first-order valence-electron chi connectivity index (χ1n) is 6.94. The molecule has 1 aliphatic heterocycles. The Morgan fingerprint density at radius 2 is 1.95 bits per heavy atom. The van der Waals surface area contributed by atoms with Crippen LogP contribution in [0.5, 0.6) is 11.5 Å². The minimum atomic E-state index is 0.280. The first-order chi connectivity index (χ1) is 9.11. The van der Waals surface area contributed by atoms with Crippen molar-refractivity contribution in [3.05, 3.63) is 23.8 Å². The van der Waals surface area contributed by atoms with Gasteiger partial charge in [0.15, 0.2) is 11.5 Å². The summed E-state index contributed by atoms with van der Waals surface area (Å²) in [6.07, 6.45) is 0. The predicted molar refractivity (Wildman–Crippen MR) is 76.4 cm³/mol. The zero-order valence-corrected chi connectivity index (χ0v) is 12.0. The summed E-state index contributed by atoms with van der Waals surface area (Å²) in [5.41, 5.74) is 7.01. The molecule has 2 rings (SSSR count). The third-order valence-corrected chi connectivity index (χ3v) is 3.83. The van der Waals surface area contributed by atoms with Crippen molar-refractivity contribution in [1.82, 2.24) is 5.32 Å². The van der Waals surface area contributed by atoms with Crippen LogP contribution in [0.15, 0.2) is 18.2 Å². The number of fused-ring (bicyclic) bond motifs is 1. The van der Waals surface area contributed by atoms with E-state index in [1.165, 1.54) is 5.56 Å². The summed E-state index contributed by atoms with van der Waals surface area (Å²) in [5.74, 6) is 2.78. The SMILES string of the molecule is CC(NCC(CN)C(C)C)c1ccc2c(c1)OCO2. The van der Waals surface area contributed by atoms with Crippen molar-refractivity contribution in [2.75, 3.05) is 19.9 Å². The maximum atomic E-state index is 5.80. The maximum Gasteiger partial charge on any atom is 0.231 e. The predicted octanol–water partition coefficient (Wildman–Crippen LogP) is 2.30. The lowest BCUT2D eigenvalue weighted by molar-refractivity contribution is 0.174. The van der Waals surface area contributed by atoms with E-state index in [0.717, 1.165) is 24.6 Å². The molecule has 106 valence electrons. The second kappa shape index (κ2) is 6.26. The van der Waals surface area contributed by atoms with E-state index in [-0.39, 0.29) is 6.04 Å². The number of rotatable bonds is 6. The van der Waals surface area contributed by atoms with Crippen molar-refractivity contribution in [3.8, 4) is 11.5 Å². The summed E-state index contributed by atoms with van der Waals surface area (Å²) in [6.45, 7) is 8.56.